The Bertz CT molecular complexity index is 1340. The summed E-state index contributed by atoms with van der Waals surface area (Å²) in [5.41, 5.74) is 2.68. The summed E-state index contributed by atoms with van der Waals surface area (Å²) in [5, 5.41) is 7.88. The summed E-state index contributed by atoms with van der Waals surface area (Å²) in [4.78, 5) is 16.4. The molecule has 0 saturated carbocycles. The number of carbonyl (C=O) groups excluding carboxylic acids is 1. The monoisotopic (exact) mass is 510 g/mol. The smallest absolute Gasteiger partial charge is 0.228 e. The lowest BCUT2D eigenvalue weighted by atomic mass is 10.1. The zero-order chi connectivity index (χ0) is 23.8. The highest BCUT2D eigenvalue weighted by molar-refractivity contribution is 9.10. The molecule has 6 nitrogen and oxygen atoms in total. The van der Waals surface area contributed by atoms with Crippen LogP contribution in [0, 0.1) is 12.9 Å². The SMILES string of the molecule is Cc1cc(CC(=O)Nc2cnn(C(C)(C)C)c2)ccc1Oc1cc(F)nc2ccc(Br)cc12. The van der Waals surface area contributed by atoms with Crippen molar-refractivity contribution in [2.75, 3.05) is 5.32 Å². The number of fused-ring (bicyclic) bond motifs is 1. The van der Waals surface area contributed by atoms with Crippen LogP contribution < -0.4 is 10.1 Å². The van der Waals surface area contributed by atoms with Crippen LogP contribution in [0.4, 0.5) is 10.1 Å². The summed E-state index contributed by atoms with van der Waals surface area (Å²) in [6.07, 6.45) is 3.67. The fourth-order valence-corrected chi connectivity index (χ4v) is 3.78. The molecule has 8 heteroatoms. The Hall–Kier alpha value is -3.26. The predicted molar refractivity (Wildman–Crippen MR) is 130 cm³/mol. The largest absolute Gasteiger partial charge is 0.456 e. The zero-order valence-corrected chi connectivity index (χ0v) is 20.4. The molecule has 0 bridgehead atoms. The number of hydrogen-bond donors (Lipinski definition) is 1. The molecule has 2 aromatic heterocycles. The van der Waals surface area contributed by atoms with Gasteiger partial charge in [0.1, 0.15) is 11.5 Å². The second-order valence-corrected chi connectivity index (χ2v) is 9.79. The average molecular weight is 511 g/mol. The lowest BCUT2D eigenvalue weighted by molar-refractivity contribution is -0.115. The quantitative estimate of drug-likeness (QED) is 0.316. The van der Waals surface area contributed by atoms with Crippen LogP contribution in [0.5, 0.6) is 11.5 Å². The third-order valence-corrected chi connectivity index (χ3v) is 5.57. The van der Waals surface area contributed by atoms with Gasteiger partial charge < -0.3 is 10.1 Å². The molecular formula is C25H24BrFN4O2. The van der Waals surface area contributed by atoms with Crippen LogP contribution in [0.3, 0.4) is 0 Å². The summed E-state index contributed by atoms with van der Waals surface area (Å²) in [7, 11) is 0. The molecule has 0 aliphatic heterocycles. The van der Waals surface area contributed by atoms with Crippen molar-refractivity contribution in [3.8, 4) is 11.5 Å². The minimum atomic E-state index is -0.611. The molecule has 0 radical (unpaired) electrons. The maximum atomic E-state index is 14.0. The van der Waals surface area contributed by atoms with Gasteiger partial charge in [-0.3, -0.25) is 9.48 Å². The molecule has 0 aliphatic rings. The predicted octanol–water partition coefficient (Wildman–Crippen LogP) is 6.37. The van der Waals surface area contributed by atoms with Gasteiger partial charge >= 0.3 is 0 Å². The normalized spacial score (nSPS) is 11.6. The van der Waals surface area contributed by atoms with Crippen LogP contribution in [0.15, 0.2) is 59.3 Å². The average Bonchev–Trinajstić information content (AvgIpc) is 3.19. The van der Waals surface area contributed by atoms with Gasteiger partial charge in [0.2, 0.25) is 11.9 Å². The van der Waals surface area contributed by atoms with Gasteiger partial charge in [-0.1, -0.05) is 28.1 Å². The minimum absolute atomic E-state index is 0.136. The Morgan fingerprint density at radius 2 is 1.94 bits per heavy atom. The van der Waals surface area contributed by atoms with E-state index in [1.165, 1.54) is 6.07 Å². The molecule has 2 heterocycles. The van der Waals surface area contributed by atoms with Gasteiger partial charge in [0.05, 0.1) is 29.4 Å². The van der Waals surface area contributed by atoms with Crippen molar-refractivity contribution < 1.29 is 13.9 Å². The summed E-state index contributed by atoms with van der Waals surface area (Å²) >= 11 is 3.43. The second kappa shape index (κ2) is 8.94. The zero-order valence-electron chi connectivity index (χ0n) is 18.8. The van der Waals surface area contributed by atoms with E-state index in [4.69, 9.17) is 4.74 Å². The number of hydrogen-bond acceptors (Lipinski definition) is 4. The van der Waals surface area contributed by atoms with Gasteiger partial charge in [0, 0.05) is 22.1 Å². The Morgan fingerprint density at radius 3 is 2.64 bits per heavy atom. The van der Waals surface area contributed by atoms with Crippen molar-refractivity contribution in [1.82, 2.24) is 14.8 Å². The highest BCUT2D eigenvalue weighted by Gasteiger charge is 2.15. The number of nitrogens with zero attached hydrogens (tertiary/aromatic N) is 3. The molecule has 0 fully saturated rings. The van der Waals surface area contributed by atoms with E-state index in [2.05, 4.69) is 31.3 Å². The van der Waals surface area contributed by atoms with Gasteiger partial charge in [0.15, 0.2) is 0 Å². The molecule has 0 atom stereocenters. The molecule has 2 aromatic carbocycles. The van der Waals surface area contributed by atoms with E-state index < -0.39 is 5.95 Å². The van der Waals surface area contributed by atoms with Crippen molar-refractivity contribution in [2.24, 2.45) is 0 Å². The molecule has 4 aromatic rings. The molecule has 0 spiro atoms. The molecule has 1 amide bonds. The number of halogens is 2. The maximum absolute atomic E-state index is 14.0. The van der Waals surface area contributed by atoms with E-state index in [1.54, 1.807) is 24.4 Å². The van der Waals surface area contributed by atoms with E-state index in [0.29, 0.717) is 28.1 Å². The van der Waals surface area contributed by atoms with Crippen molar-refractivity contribution in [1.29, 1.82) is 0 Å². The van der Waals surface area contributed by atoms with E-state index >= 15 is 0 Å². The fourth-order valence-electron chi connectivity index (χ4n) is 3.42. The summed E-state index contributed by atoms with van der Waals surface area (Å²) in [5.74, 6) is 0.213. The first-order valence-electron chi connectivity index (χ1n) is 10.5. The van der Waals surface area contributed by atoms with Crippen LogP contribution in [-0.4, -0.2) is 20.7 Å². The number of aromatic nitrogens is 3. The third-order valence-electron chi connectivity index (χ3n) is 5.08. The minimum Gasteiger partial charge on any atom is -0.456 e. The van der Waals surface area contributed by atoms with E-state index in [-0.39, 0.29) is 17.9 Å². The van der Waals surface area contributed by atoms with Crippen LogP contribution in [0.1, 0.15) is 31.9 Å². The summed E-state index contributed by atoms with van der Waals surface area (Å²) in [6.45, 7) is 8.01. The number of amides is 1. The Labute approximate surface area is 199 Å². The third kappa shape index (κ3) is 5.39. The van der Waals surface area contributed by atoms with Crippen LogP contribution >= 0.6 is 15.9 Å². The number of anilines is 1. The van der Waals surface area contributed by atoms with Gasteiger partial charge in [-0.05, 0) is 63.1 Å². The number of pyridine rings is 1. The number of aryl methyl sites for hydroxylation is 1. The second-order valence-electron chi connectivity index (χ2n) is 8.88. The topological polar surface area (TPSA) is 69.0 Å². The maximum Gasteiger partial charge on any atom is 0.228 e. The lowest BCUT2D eigenvalue weighted by Crippen LogP contribution is -2.22. The number of carbonyl (C=O) groups is 1. The van der Waals surface area contributed by atoms with E-state index in [1.807, 2.05) is 56.8 Å². The van der Waals surface area contributed by atoms with E-state index in [0.717, 1.165) is 15.6 Å². The van der Waals surface area contributed by atoms with Gasteiger partial charge in [-0.2, -0.15) is 9.49 Å². The first kappa shape index (κ1) is 22.9. The molecule has 170 valence electrons. The van der Waals surface area contributed by atoms with Gasteiger partial charge in [0.25, 0.3) is 0 Å². The molecule has 0 saturated heterocycles. The van der Waals surface area contributed by atoms with Crippen LogP contribution in [0.2, 0.25) is 0 Å². The molecule has 33 heavy (non-hydrogen) atoms. The molecule has 0 unspecified atom stereocenters. The van der Waals surface area contributed by atoms with Crippen LogP contribution in [0.25, 0.3) is 10.9 Å². The van der Waals surface area contributed by atoms with Crippen molar-refractivity contribution in [3.05, 3.63) is 76.4 Å². The number of nitrogens with one attached hydrogen (secondary N) is 1. The Morgan fingerprint density at radius 1 is 1.15 bits per heavy atom. The molecule has 0 aliphatic carbocycles. The van der Waals surface area contributed by atoms with Crippen LogP contribution in [-0.2, 0) is 16.8 Å². The number of benzene rings is 2. The first-order valence-corrected chi connectivity index (χ1v) is 11.3. The highest BCUT2D eigenvalue weighted by Crippen LogP contribution is 2.33. The lowest BCUT2D eigenvalue weighted by Gasteiger charge is -2.18. The van der Waals surface area contributed by atoms with Crippen molar-refractivity contribution in [3.63, 3.8) is 0 Å². The highest BCUT2D eigenvalue weighted by atomic mass is 79.9. The summed E-state index contributed by atoms with van der Waals surface area (Å²) < 4.78 is 22.7. The molecule has 1 N–H and O–H groups in total. The standard InChI is InChI=1S/C25H24BrFN4O2/c1-15-9-16(10-24(32)29-18-13-28-31(14-18)25(2,3)4)5-8-21(15)33-22-12-23(27)30-20-7-6-17(26)11-19(20)22/h5-9,11-14H,10H2,1-4H3,(H,29,32). The summed E-state index contributed by atoms with van der Waals surface area (Å²) in [6, 6.07) is 12.2. The Balaban J connectivity index is 1.49. The fraction of sp³-hybridized carbons (Fsp3) is 0.240. The Kier molecular flexibility index (Phi) is 6.21. The van der Waals surface area contributed by atoms with Crippen molar-refractivity contribution in [2.45, 2.75) is 39.7 Å². The van der Waals surface area contributed by atoms with Crippen molar-refractivity contribution >= 4 is 38.4 Å². The number of rotatable bonds is 5. The van der Waals surface area contributed by atoms with Gasteiger partial charge in [-0.15, -0.1) is 0 Å². The van der Waals surface area contributed by atoms with Gasteiger partial charge in [-0.25, -0.2) is 4.98 Å². The molecular weight excluding hydrogens is 487 g/mol. The number of ether oxygens (including phenoxy) is 1. The molecule has 4 rings (SSSR count). The van der Waals surface area contributed by atoms with E-state index in [9.17, 15) is 9.18 Å². The first-order chi connectivity index (χ1) is 15.6.